The molecule has 1 aromatic rings. The Morgan fingerprint density at radius 3 is 2.95 bits per heavy atom. The maximum Gasteiger partial charge on any atom is 0.0576 e. The molecule has 1 aliphatic heterocycles. The molecule has 106 valence electrons. The third-order valence-electron chi connectivity index (χ3n) is 3.94. The smallest absolute Gasteiger partial charge is 0.0576 e. The van der Waals surface area contributed by atoms with E-state index in [1.165, 1.54) is 24.0 Å². The first-order valence-electron chi connectivity index (χ1n) is 7.23. The monoisotopic (exact) mass is 281 g/mol. The van der Waals surface area contributed by atoms with Crippen LogP contribution in [0.25, 0.3) is 0 Å². The normalized spacial score (nSPS) is 20.7. The standard InChI is InChI=1S/C16H24ClNO/c1-12-5-6-13(16(17)10-12)11-14(18-2)7-8-15-4-3-9-19-15/h5-6,10,14-15,18H,3-4,7-9,11H2,1-2H3. The summed E-state index contributed by atoms with van der Waals surface area (Å²) in [6, 6.07) is 6.80. The van der Waals surface area contributed by atoms with Gasteiger partial charge in [-0.05, 0) is 63.3 Å². The van der Waals surface area contributed by atoms with Crippen molar-refractivity contribution in [2.75, 3.05) is 13.7 Å². The van der Waals surface area contributed by atoms with Gasteiger partial charge in [-0.3, -0.25) is 0 Å². The minimum atomic E-state index is 0.476. The molecule has 19 heavy (non-hydrogen) atoms. The largest absolute Gasteiger partial charge is 0.378 e. The Morgan fingerprint density at radius 1 is 1.47 bits per heavy atom. The van der Waals surface area contributed by atoms with Crippen LogP contribution >= 0.6 is 11.6 Å². The average Bonchev–Trinajstić information content (AvgIpc) is 2.90. The fraction of sp³-hybridized carbons (Fsp3) is 0.625. The molecule has 1 fully saturated rings. The summed E-state index contributed by atoms with van der Waals surface area (Å²) in [4.78, 5) is 0. The second-order valence-electron chi connectivity index (χ2n) is 5.50. The number of ether oxygens (including phenoxy) is 1. The highest BCUT2D eigenvalue weighted by Gasteiger charge is 2.18. The molecule has 0 saturated carbocycles. The summed E-state index contributed by atoms with van der Waals surface area (Å²) in [6.45, 7) is 3.02. The minimum absolute atomic E-state index is 0.476. The van der Waals surface area contributed by atoms with Crippen molar-refractivity contribution in [3.63, 3.8) is 0 Å². The lowest BCUT2D eigenvalue weighted by Gasteiger charge is -2.19. The Kier molecular flexibility index (Phi) is 5.68. The SMILES string of the molecule is CNC(CCC1CCCO1)Cc1ccc(C)cc1Cl. The molecule has 1 N–H and O–H groups in total. The van der Waals surface area contributed by atoms with Crippen LogP contribution in [-0.4, -0.2) is 25.8 Å². The van der Waals surface area contributed by atoms with Gasteiger partial charge in [0, 0.05) is 17.7 Å². The molecule has 0 radical (unpaired) electrons. The Labute approximate surface area is 121 Å². The van der Waals surface area contributed by atoms with Gasteiger partial charge < -0.3 is 10.1 Å². The highest BCUT2D eigenvalue weighted by molar-refractivity contribution is 6.31. The summed E-state index contributed by atoms with van der Waals surface area (Å²) in [5.74, 6) is 0. The van der Waals surface area contributed by atoms with E-state index in [1.54, 1.807) is 0 Å². The molecule has 1 aromatic carbocycles. The first-order valence-corrected chi connectivity index (χ1v) is 7.60. The van der Waals surface area contributed by atoms with Crippen molar-refractivity contribution < 1.29 is 4.74 Å². The molecule has 1 aliphatic rings. The quantitative estimate of drug-likeness (QED) is 0.858. The van der Waals surface area contributed by atoms with Gasteiger partial charge in [-0.1, -0.05) is 23.7 Å². The van der Waals surface area contributed by atoms with E-state index in [-0.39, 0.29) is 0 Å². The highest BCUT2D eigenvalue weighted by Crippen LogP contribution is 2.22. The summed E-state index contributed by atoms with van der Waals surface area (Å²) in [7, 11) is 2.03. The van der Waals surface area contributed by atoms with E-state index in [1.807, 2.05) is 13.1 Å². The molecular formula is C16H24ClNO. The van der Waals surface area contributed by atoms with Gasteiger partial charge in [0.15, 0.2) is 0 Å². The van der Waals surface area contributed by atoms with Crippen LogP contribution in [0.5, 0.6) is 0 Å². The molecule has 2 rings (SSSR count). The summed E-state index contributed by atoms with van der Waals surface area (Å²) in [6.07, 6.45) is 6.20. The zero-order chi connectivity index (χ0) is 13.7. The number of nitrogens with one attached hydrogen (secondary N) is 1. The summed E-state index contributed by atoms with van der Waals surface area (Å²) in [5.41, 5.74) is 2.45. The van der Waals surface area contributed by atoms with Gasteiger partial charge in [-0.2, -0.15) is 0 Å². The number of halogens is 1. The van der Waals surface area contributed by atoms with E-state index in [9.17, 15) is 0 Å². The van der Waals surface area contributed by atoms with E-state index in [4.69, 9.17) is 16.3 Å². The Bertz CT molecular complexity index is 402. The first kappa shape index (κ1) is 14.8. The van der Waals surface area contributed by atoms with Gasteiger partial charge in [0.05, 0.1) is 6.10 Å². The van der Waals surface area contributed by atoms with Gasteiger partial charge in [0.1, 0.15) is 0 Å². The lowest BCUT2D eigenvalue weighted by Crippen LogP contribution is -2.29. The van der Waals surface area contributed by atoms with Crippen LogP contribution in [0.2, 0.25) is 5.02 Å². The van der Waals surface area contributed by atoms with E-state index in [0.29, 0.717) is 12.1 Å². The molecule has 1 saturated heterocycles. The molecular weight excluding hydrogens is 258 g/mol. The molecule has 3 heteroatoms. The highest BCUT2D eigenvalue weighted by atomic mass is 35.5. The predicted octanol–water partition coefficient (Wildman–Crippen LogP) is 3.74. The molecule has 2 nitrogen and oxygen atoms in total. The third-order valence-corrected chi connectivity index (χ3v) is 4.30. The fourth-order valence-electron chi connectivity index (χ4n) is 2.69. The number of benzene rings is 1. The molecule has 0 amide bonds. The van der Waals surface area contributed by atoms with Crippen LogP contribution in [0, 0.1) is 6.92 Å². The lowest BCUT2D eigenvalue weighted by molar-refractivity contribution is 0.0998. The number of likely N-dealkylation sites (N-methyl/N-ethyl adjacent to an activating group) is 1. The summed E-state index contributed by atoms with van der Waals surface area (Å²) >= 11 is 6.31. The molecule has 0 spiro atoms. The molecule has 0 aliphatic carbocycles. The average molecular weight is 282 g/mol. The Balaban J connectivity index is 1.86. The lowest BCUT2D eigenvalue weighted by atomic mass is 9.99. The van der Waals surface area contributed by atoms with Gasteiger partial charge in [0.2, 0.25) is 0 Å². The van der Waals surface area contributed by atoms with Crippen molar-refractivity contribution in [3.05, 3.63) is 34.3 Å². The Morgan fingerprint density at radius 2 is 2.32 bits per heavy atom. The van der Waals surface area contributed by atoms with E-state index in [2.05, 4.69) is 24.4 Å². The molecule has 2 unspecified atom stereocenters. The molecule has 1 heterocycles. The summed E-state index contributed by atoms with van der Waals surface area (Å²) < 4.78 is 5.68. The van der Waals surface area contributed by atoms with Crippen LogP contribution in [-0.2, 0) is 11.2 Å². The number of hydrogen-bond donors (Lipinski definition) is 1. The van der Waals surface area contributed by atoms with Crippen molar-refractivity contribution in [1.29, 1.82) is 0 Å². The van der Waals surface area contributed by atoms with Crippen molar-refractivity contribution in [3.8, 4) is 0 Å². The van der Waals surface area contributed by atoms with Gasteiger partial charge in [-0.25, -0.2) is 0 Å². The second kappa shape index (κ2) is 7.28. The van der Waals surface area contributed by atoms with Crippen LogP contribution in [0.3, 0.4) is 0 Å². The number of rotatable bonds is 6. The zero-order valence-electron chi connectivity index (χ0n) is 11.9. The van der Waals surface area contributed by atoms with E-state index >= 15 is 0 Å². The molecule has 0 aromatic heterocycles. The fourth-order valence-corrected chi connectivity index (χ4v) is 3.00. The third kappa shape index (κ3) is 4.48. The van der Waals surface area contributed by atoms with Gasteiger partial charge in [-0.15, -0.1) is 0 Å². The minimum Gasteiger partial charge on any atom is -0.378 e. The van der Waals surface area contributed by atoms with Crippen molar-refractivity contribution in [1.82, 2.24) is 5.32 Å². The maximum atomic E-state index is 6.31. The first-order chi connectivity index (χ1) is 9.19. The summed E-state index contributed by atoms with van der Waals surface area (Å²) in [5, 5.41) is 4.29. The molecule has 2 atom stereocenters. The van der Waals surface area contributed by atoms with Crippen LogP contribution in [0.1, 0.15) is 36.8 Å². The van der Waals surface area contributed by atoms with Crippen molar-refractivity contribution in [2.24, 2.45) is 0 Å². The van der Waals surface area contributed by atoms with Crippen molar-refractivity contribution >= 4 is 11.6 Å². The van der Waals surface area contributed by atoms with Crippen LogP contribution in [0.15, 0.2) is 18.2 Å². The Hall–Kier alpha value is -0.570. The zero-order valence-corrected chi connectivity index (χ0v) is 12.7. The maximum absolute atomic E-state index is 6.31. The van der Waals surface area contributed by atoms with E-state index < -0.39 is 0 Å². The number of aryl methyl sites for hydroxylation is 1. The molecule has 0 bridgehead atoms. The van der Waals surface area contributed by atoms with Crippen LogP contribution < -0.4 is 5.32 Å². The van der Waals surface area contributed by atoms with Crippen molar-refractivity contribution in [2.45, 2.75) is 51.2 Å². The topological polar surface area (TPSA) is 21.3 Å². The van der Waals surface area contributed by atoms with E-state index in [0.717, 1.165) is 30.9 Å². The van der Waals surface area contributed by atoms with Gasteiger partial charge >= 0.3 is 0 Å². The number of hydrogen-bond acceptors (Lipinski definition) is 2. The second-order valence-corrected chi connectivity index (χ2v) is 5.90. The van der Waals surface area contributed by atoms with Crippen LogP contribution in [0.4, 0.5) is 0 Å². The predicted molar refractivity (Wildman–Crippen MR) is 80.9 cm³/mol. The van der Waals surface area contributed by atoms with Gasteiger partial charge in [0.25, 0.3) is 0 Å².